The Hall–Kier alpha value is -0.540. The minimum absolute atomic E-state index is 0.128. The summed E-state index contributed by atoms with van der Waals surface area (Å²) in [5.74, 6) is 0.967. The van der Waals surface area contributed by atoms with Gasteiger partial charge in [0.15, 0.2) is 0 Å². The molecule has 0 aliphatic carbocycles. The van der Waals surface area contributed by atoms with Crippen molar-refractivity contribution in [3.8, 4) is 5.75 Å². The van der Waals surface area contributed by atoms with Crippen molar-refractivity contribution in [3.05, 3.63) is 27.7 Å². The van der Waals surface area contributed by atoms with Gasteiger partial charge in [-0.3, -0.25) is 0 Å². The number of rotatable bonds is 2. The highest BCUT2D eigenvalue weighted by molar-refractivity contribution is 9.10. The number of fused-ring (bicyclic) bond motifs is 1. The van der Waals surface area contributed by atoms with E-state index in [-0.39, 0.29) is 11.7 Å². The van der Waals surface area contributed by atoms with Gasteiger partial charge in [-0.2, -0.15) is 0 Å². The van der Waals surface area contributed by atoms with Crippen LogP contribution in [0.15, 0.2) is 16.6 Å². The molecule has 0 amide bonds. The van der Waals surface area contributed by atoms with Crippen molar-refractivity contribution in [1.29, 1.82) is 0 Å². The molecule has 16 heavy (non-hydrogen) atoms. The highest BCUT2D eigenvalue weighted by atomic mass is 79.9. The molecule has 2 nitrogen and oxygen atoms in total. The predicted molar refractivity (Wildman–Crippen MR) is 67.9 cm³/mol. The van der Waals surface area contributed by atoms with Crippen molar-refractivity contribution in [2.75, 3.05) is 0 Å². The number of aliphatic hydroxyl groups is 1. The highest BCUT2D eigenvalue weighted by Gasteiger charge is 2.32. The third-order valence-corrected chi connectivity index (χ3v) is 3.18. The van der Waals surface area contributed by atoms with Crippen molar-refractivity contribution in [3.63, 3.8) is 0 Å². The molecule has 3 heteroatoms. The van der Waals surface area contributed by atoms with Crippen LogP contribution in [0.4, 0.5) is 0 Å². The summed E-state index contributed by atoms with van der Waals surface area (Å²) in [5, 5.41) is 9.49. The van der Waals surface area contributed by atoms with Crippen LogP contribution in [-0.4, -0.2) is 16.8 Å². The lowest BCUT2D eigenvalue weighted by molar-refractivity contribution is 0.134. The molecule has 0 saturated carbocycles. The average Bonchev–Trinajstić information content (AvgIpc) is 2.38. The van der Waals surface area contributed by atoms with Gasteiger partial charge in [-0.25, -0.2) is 0 Å². The van der Waals surface area contributed by atoms with Crippen LogP contribution in [0.1, 0.15) is 31.9 Å². The first-order valence-electron chi connectivity index (χ1n) is 5.56. The molecule has 1 aliphatic heterocycles. The monoisotopic (exact) mass is 284 g/mol. The molecule has 1 heterocycles. The molecule has 1 N–H and O–H groups in total. The van der Waals surface area contributed by atoms with Gasteiger partial charge < -0.3 is 9.84 Å². The summed E-state index contributed by atoms with van der Waals surface area (Å²) in [7, 11) is 0. The van der Waals surface area contributed by atoms with E-state index in [9.17, 15) is 5.11 Å². The van der Waals surface area contributed by atoms with E-state index in [2.05, 4.69) is 35.8 Å². The molecular formula is C13H17BrO2. The maximum atomic E-state index is 9.49. The van der Waals surface area contributed by atoms with E-state index in [0.717, 1.165) is 22.2 Å². The fraction of sp³-hybridized carbons (Fsp3) is 0.538. The lowest BCUT2D eigenvalue weighted by Crippen LogP contribution is -2.25. The van der Waals surface area contributed by atoms with E-state index in [1.807, 2.05) is 6.07 Å². The lowest BCUT2D eigenvalue weighted by atomic mass is 9.99. The van der Waals surface area contributed by atoms with Gasteiger partial charge in [-0.05, 0) is 44.0 Å². The highest BCUT2D eigenvalue weighted by Crippen LogP contribution is 2.40. The van der Waals surface area contributed by atoms with Crippen molar-refractivity contribution in [1.82, 2.24) is 0 Å². The largest absolute Gasteiger partial charge is 0.487 e. The topological polar surface area (TPSA) is 29.5 Å². The van der Waals surface area contributed by atoms with E-state index in [4.69, 9.17) is 4.74 Å². The summed E-state index contributed by atoms with van der Waals surface area (Å²) in [4.78, 5) is 0. The third kappa shape index (κ3) is 2.41. The fourth-order valence-corrected chi connectivity index (χ4v) is 2.77. The van der Waals surface area contributed by atoms with Crippen molar-refractivity contribution >= 4 is 15.9 Å². The standard InChI is InChI=1S/C13H17BrO2/c1-8(15)4-9-5-11(14)6-10-7-13(2,3)16-12(9)10/h5-6,8,15H,4,7H2,1-3H3. The van der Waals surface area contributed by atoms with Crippen LogP contribution in [-0.2, 0) is 12.8 Å². The number of aliphatic hydroxyl groups excluding tert-OH is 1. The zero-order valence-corrected chi connectivity index (χ0v) is 11.5. The minimum atomic E-state index is -0.342. The van der Waals surface area contributed by atoms with Gasteiger partial charge in [-0.15, -0.1) is 0 Å². The molecule has 2 rings (SSSR count). The average molecular weight is 285 g/mol. The molecule has 0 bridgehead atoms. The SMILES string of the molecule is CC(O)Cc1cc(Br)cc2c1OC(C)(C)C2. The Bertz CT molecular complexity index is 411. The summed E-state index contributed by atoms with van der Waals surface area (Å²) in [6.07, 6.45) is 1.22. The number of hydrogen-bond donors (Lipinski definition) is 1. The second-order valence-electron chi connectivity index (χ2n) is 5.14. The van der Waals surface area contributed by atoms with Crippen molar-refractivity contribution in [2.24, 2.45) is 0 Å². The van der Waals surface area contributed by atoms with Gasteiger partial charge in [0.1, 0.15) is 11.4 Å². The smallest absolute Gasteiger partial charge is 0.126 e. The molecule has 1 atom stereocenters. The predicted octanol–water partition coefficient (Wildman–Crippen LogP) is 3.09. The molecule has 1 aliphatic rings. The van der Waals surface area contributed by atoms with E-state index in [0.29, 0.717) is 6.42 Å². The number of hydrogen-bond acceptors (Lipinski definition) is 2. The molecule has 0 fully saturated rings. The molecule has 88 valence electrons. The van der Waals surface area contributed by atoms with E-state index in [1.165, 1.54) is 5.56 Å². The Morgan fingerprint density at radius 2 is 2.19 bits per heavy atom. The lowest BCUT2D eigenvalue weighted by Gasteiger charge is -2.18. The molecule has 0 aromatic heterocycles. The van der Waals surface area contributed by atoms with E-state index < -0.39 is 0 Å². The van der Waals surface area contributed by atoms with Gasteiger partial charge in [-0.1, -0.05) is 15.9 Å². The quantitative estimate of drug-likeness (QED) is 0.904. The third-order valence-electron chi connectivity index (χ3n) is 2.72. The van der Waals surface area contributed by atoms with Gasteiger partial charge in [0, 0.05) is 17.3 Å². The summed E-state index contributed by atoms with van der Waals surface area (Å²) in [5.41, 5.74) is 2.19. The molecule has 1 unspecified atom stereocenters. The second-order valence-corrected chi connectivity index (χ2v) is 6.06. The number of ether oxygens (including phenoxy) is 1. The van der Waals surface area contributed by atoms with Crippen LogP contribution in [0.5, 0.6) is 5.75 Å². The summed E-state index contributed by atoms with van der Waals surface area (Å²) >= 11 is 3.51. The molecular weight excluding hydrogens is 268 g/mol. The fourth-order valence-electron chi connectivity index (χ4n) is 2.22. The normalized spacial score (nSPS) is 19.1. The Labute approximate surface area is 105 Å². The van der Waals surface area contributed by atoms with Crippen molar-refractivity contribution < 1.29 is 9.84 Å². The molecule has 0 saturated heterocycles. The number of benzene rings is 1. The van der Waals surface area contributed by atoms with Crippen LogP contribution in [0.2, 0.25) is 0 Å². The summed E-state index contributed by atoms with van der Waals surface area (Å²) in [6, 6.07) is 4.14. The van der Waals surface area contributed by atoms with Crippen LogP contribution in [0, 0.1) is 0 Å². The maximum Gasteiger partial charge on any atom is 0.126 e. The zero-order chi connectivity index (χ0) is 11.9. The Balaban J connectivity index is 2.41. The molecule has 1 aromatic rings. The van der Waals surface area contributed by atoms with Gasteiger partial charge in [0.05, 0.1) is 6.10 Å². The minimum Gasteiger partial charge on any atom is -0.487 e. The maximum absolute atomic E-state index is 9.49. The van der Waals surface area contributed by atoms with Gasteiger partial charge in [0.2, 0.25) is 0 Å². The van der Waals surface area contributed by atoms with Gasteiger partial charge in [0.25, 0.3) is 0 Å². The molecule has 0 radical (unpaired) electrons. The van der Waals surface area contributed by atoms with Crippen LogP contribution in [0.3, 0.4) is 0 Å². The van der Waals surface area contributed by atoms with Crippen LogP contribution in [0.25, 0.3) is 0 Å². The summed E-state index contributed by atoms with van der Waals surface area (Å²) in [6.45, 7) is 5.98. The second kappa shape index (κ2) is 4.04. The van der Waals surface area contributed by atoms with E-state index >= 15 is 0 Å². The Morgan fingerprint density at radius 1 is 1.50 bits per heavy atom. The van der Waals surface area contributed by atoms with Crippen LogP contribution < -0.4 is 4.74 Å². The van der Waals surface area contributed by atoms with Gasteiger partial charge >= 0.3 is 0 Å². The first-order valence-corrected chi connectivity index (χ1v) is 6.35. The van der Waals surface area contributed by atoms with Crippen LogP contribution >= 0.6 is 15.9 Å². The van der Waals surface area contributed by atoms with Crippen molar-refractivity contribution in [2.45, 2.75) is 45.3 Å². The molecule has 1 aromatic carbocycles. The number of halogens is 1. The Kier molecular flexibility index (Phi) is 3.01. The first-order chi connectivity index (χ1) is 7.37. The first kappa shape index (κ1) is 11.9. The Morgan fingerprint density at radius 3 is 2.81 bits per heavy atom. The van der Waals surface area contributed by atoms with E-state index in [1.54, 1.807) is 6.92 Å². The summed E-state index contributed by atoms with van der Waals surface area (Å²) < 4.78 is 7.01. The zero-order valence-electron chi connectivity index (χ0n) is 9.88. The molecule has 0 spiro atoms.